The fourth-order valence-corrected chi connectivity index (χ4v) is 2.01. The summed E-state index contributed by atoms with van der Waals surface area (Å²) in [6.45, 7) is 3.99. The first-order valence-corrected chi connectivity index (χ1v) is 6.23. The Bertz CT molecular complexity index is 562. The average Bonchev–Trinajstić information content (AvgIpc) is 2.94. The maximum Gasteiger partial charge on any atom is 0.251 e. The monoisotopic (exact) mass is 258 g/mol. The Morgan fingerprint density at radius 3 is 2.74 bits per heavy atom. The number of carbonyl (C=O) groups excluding carboxylic acids is 1. The van der Waals surface area contributed by atoms with Crippen LogP contribution in [0.3, 0.4) is 0 Å². The second kappa shape index (κ2) is 5.61. The first-order valence-electron chi connectivity index (χ1n) is 6.23. The summed E-state index contributed by atoms with van der Waals surface area (Å²) in [7, 11) is 1.63. The van der Waals surface area contributed by atoms with Crippen molar-refractivity contribution in [1.29, 1.82) is 0 Å². The van der Waals surface area contributed by atoms with Crippen molar-refractivity contribution in [2.24, 2.45) is 0 Å². The van der Waals surface area contributed by atoms with Crippen molar-refractivity contribution in [3.8, 4) is 0 Å². The molecular weight excluding hydrogens is 240 g/mol. The zero-order chi connectivity index (χ0) is 13.8. The van der Waals surface area contributed by atoms with E-state index in [0.717, 1.165) is 16.8 Å². The van der Waals surface area contributed by atoms with Gasteiger partial charge < -0.3 is 15.1 Å². The van der Waals surface area contributed by atoms with E-state index < -0.39 is 0 Å². The van der Waals surface area contributed by atoms with E-state index in [9.17, 15) is 4.79 Å². The fraction of sp³-hybridized carbons (Fsp3) is 0.267. The highest BCUT2D eigenvalue weighted by Gasteiger charge is 2.12. The number of furan rings is 1. The normalized spacial score (nSPS) is 11.9. The number of carbonyl (C=O) groups is 1. The van der Waals surface area contributed by atoms with Gasteiger partial charge in [-0.1, -0.05) is 6.07 Å². The maximum atomic E-state index is 11.7. The highest BCUT2D eigenvalue weighted by Crippen LogP contribution is 2.24. The zero-order valence-corrected chi connectivity index (χ0v) is 11.4. The summed E-state index contributed by atoms with van der Waals surface area (Å²) in [6, 6.07) is 7.72. The van der Waals surface area contributed by atoms with E-state index >= 15 is 0 Å². The molecule has 19 heavy (non-hydrogen) atoms. The number of hydrogen-bond acceptors (Lipinski definition) is 3. The van der Waals surface area contributed by atoms with Gasteiger partial charge in [0, 0.05) is 23.9 Å². The number of anilines is 1. The standard InChI is InChI=1S/C15H18N2O2/c1-10-13(15(18)16-3)5-4-6-14(10)17-11(2)12-7-8-19-9-12/h4-9,11,17H,1-3H3,(H,16,18). The van der Waals surface area contributed by atoms with Crippen molar-refractivity contribution in [2.45, 2.75) is 19.9 Å². The minimum atomic E-state index is -0.0721. The van der Waals surface area contributed by atoms with Crippen LogP contribution in [-0.4, -0.2) is 13.0 Å². The third kappa shape index (κ3) is 2.78. The van der Waals surface area contributed by atoms with E-state index in [2.05, 4.69) is 17.6 Å². The lowest BCUT2D eigenvalue weighted by molar-refractivity contribution is 0.0962. The molecule has 0 aliphatic heterocycles. The summed E-state index contributed by atoms with van der Waals surface area (Å²) in [5.41, 5.74) is 3.66. The molecule has 1 heterocycles. The Morgan fingerprint density at radius 2 is 2.11 bits per heavy atom. The van der Waals surface area contributed by atoms with Crippen LogP contribution in [0.5, 0.6) is 0 Å². The van der Waals surface area contributed by atoms with Crippen molar-refractivity contribution in [2.75, 3.05) is 12.4 Å². The third-order valence-corrected chi connectivity index (χ3v) is 3.22. The summed E-state index contributed by atoms with van der Waals surface area (Å²) in [4.78, 5) is 11.7. The van der Waals surface area contributed by atoms with E-state index in [1.165, 1.54) is 0 Å². The van der Waals surface area contributed by atoms with Crippen molar-refractivity contribution < 1.29 is 9.21 Å². The Labute approximate surface area is 112 Å². The van der Waals surface area contributed by atoms with Gasteiger partial charge in [0.25, 0.3) is 5.91 Å². The van der Waals surface area contributed by atoms with Gasteiger partial charge in [0.05, 0.1) is 18.6 Å². The van der Waals surface area contributed by atoms with Gasteiger partial charge in [-0.05, 0) is 37.6 Å². The zero-order valence-electron chi connectivity index (χ0n) is 11.4. The molecule has 4 heteroatoms. The van der Waals surface area contributed by atoms with E-state index in [1.807, 2.05) is 31.2 Å². The Hall–Kier alpha value is -2.23. The first kappa shape index (κ1) is 13.2. The van der Waals surface area contributed by atoms with E-state index in [4.69, 9.17) is 4.42 Å². The second-order valence-corrected chi connectivity index (χ2v) is 4.48. The quantitative estimate of drug-likeness (QED) is 0.886. The average molecular weight is 258 g/mol. The summed E-state index contributed by atoms with van der Waals surface area (Å²) >= 11 is 0. The molecule has 1 aromatic heterocycles. The molecule has 1 aromatic carbocycles. The molecule has 0 saturated carbocycles. The van der Waals surface area contributed by atoms with E-state index in [0.29, 0.717) is 5.56 Å². The van der Waals surface area contributed by atoms with Crippen LogP contribution in [0, 0.1) is 6.92 Å². The minimum absolute atomic E-state index is 0.0721. The van der Waals surface area contributed by atoms with Crippen LogP contribution in [0.25, 0.3) is 0 Å². The topological polar surface area (TPSA) is 54.3 Å². The van der Waals surface area contributed by atoms with Crippen molar-refractivity contribution in [1.82, 2.24) is 5.32 Å². The summed E-state index contributed by atoms with van der Waals surface area (Å²) < 4.78 is 5.08. The molecule has 0 saturated heterocycles. The largest absolute Gasteiger partial charge is 0.472 e. The molecule has 2 rings (SSSR count). The first-order chi connectivity index (χ1) is 9.13. The van der Waals surface area contributed by atoms with Crippen LogP contribution in [0.4, 0.5) is 5.69 Å². The molecule has 0 spiro atoms. The molecule has 0 aliphatic rings. The smallest absolute Gasteiger partial charge is 0.251 e. The molecule has 0 bridgehead atoms. The van der Waals surface area contributed by atoms with Crippen LogP contribution in [-0.2, 0) is 0 Å². The third-order valence-electron chi connectivity index (χ3n) is 3.22. The lowest BCUT2D eigenvalue weighted by Gasteiger charge is -2.17. The molecule has 100 valence electrons. The molecule has 1 unspecified atom stereocenters. The Balaban J connectivity index is 2.24. The summed E-state index contributed by atoms with van der Waals surface area (Å²) in [5.74, 6) is -0.0721. The summed E-state index contributed by atoms with van der Waals surface area (Å²) in [6.07, 6.45) is 3.37. The van der Waals surface area contributed by atoms with E-state index in [-0.39, 0.29) is 11.9 Å². The molecule has 4 nitrogen and oxygen atoms in total. The van der Waals surface area contributed by atoms with Crippen LogP contribution in [0.15, 0.2) is 41.2 Å². The van der Waals surface area contributed by atoms with E-state index in [1.54, 1.807) is 19.6 Å². The molecule has 0 radical (unpaired) electrons. The number of amides is 1. The van der Waals surface area contributed by atoms with Crippen molar-refractivity contribution >= 4 is 11.6 Å². The molecule has 1 amide bonds. The molecule has 2 aromatic rings. The highest BCUT2D eigenvalue weighted by molar-refractivity contribution is 5.96. The maximum absolute atomic E-state index is 11.7. The lowest BCUT2D eigenvalue weighted by atomic mass is 10.0. The molecule has 1 atom stereocenters. The minimum Gasteiger partial charge on any atom is -0.472 e. The van der Waals surface area contributed by atoms with Gasteiger partial charge in [0.2, 0.25) is 0 Å². The predicted molar refractivity (Wildman–Crippen MR) is 75.3 cm³/mol. The number of rotatable bonds is 4. The van der Waals surface area contributed by atoms with Crippen LogP contribution in [0.1, 0.15) is 34.5 Å². The van der Waals surface area contributed by atoms with Crippen molar-refractivity contribution in [3.63, 3.8) is 0 Å². The van der Waals surface area contributed by atoms with Gasteiger partial charge in [-0.2, -0.15) is 0 Å². The SMILES string of the molecule is CNC(=O)c1cccc(NC(C)c2ccoc2)c1C. The second-order valence-electron chi connectivity index (χ2n) is 4.48. The Kier molecular flexibility index (Phi) is 3.90. The molecule has 2 N–H and O–H groups in total. The van der Waals surface area contributed by atoms with Crippen LogP contribution >= 0.6 is 0 Å². The number of hydrogen-bond donors (Lipinski definition) is 2. The van der Waals surface area contributed by atoms with Crippen LogP contribution < -0.4 is 10.6 Å². The van der Waals surface area contributed by atoms with Gasteiger partial charge in [0.15, 0.2) is 0 Å². The molecule has 0 fully saturated rings. The van der Waals surface area contributed by atoms with Gasteiger partial charge in [0.1, 0.15) is 0 Å². The van der Waals surface area contributed by atoms with Gasteiger partial charge in [-0.3, -0.25) is 4.79 Å². The highest BCUT2D eigenvalue weighted by atomic mass is 16.3. The summed E-state index contributed by atoms with van der Waals surface area (Å²) in [5, 5.41) is 6.04. The van der Waals surface area contributed by atoms with Gasteiger partial charge in [-0.15, -0.1) is 0 Å². The fourth-order valence-electron chi connectivity index (χ4n) is 2.01. The number of nitrogens with one attached hydrogen (secondary N) is 2. The molecule has 0 aliphatic carbocycles. The number of benzene rings is 1. The van der Waals surface area contributed by atoms with Gasteiger partial charge in [-0.25, -0.2) is 0 Å². The Morgan fingerprint density at radius 1 is 1.32 bits per heavy atom. The lowest BCUT2D eigenvalue weighted by Crippen LogP contribution is -2.19. The van der Waals surface area contributed by atoms with Crippen molar-refractivity contribution in [3.05, 3.63) is 53.5 Å². The van der Waals surface area contributed by atoms with Crippen LogP contribution in [0.2, 0.25) is 0 Å². The van der Waals surface area contributed by atoms with Gasteiger partial charge >= 0.3 is 0 Å². The molecular formula is C15H18N2O2. The predicted octanol–water partition coefficient (Wildman–Crippen LogP) is 3.12.